The standard InChI is InChI=1S/C14H21NO4/c1-4-18-13(17)10-7-14(2,3)8-19-12(10)15-11(16)9-5-6-9/h9H,4-8H2,1-3H3,(H,15,16). The highest BCUT2D eigenvalue weighted by molar-refractivity contribution is 5.91. The number of ether oxygens (including phenoxy) is 2. The molecule has 1 aliphatic heterocycles. The Hall–Kier alpha value is -1.52. The lowest BCUT2D eigenvalue weighted by atomic mass is 9.85. The SMILES string of the molecule is CCOC(=O)C1=C(NC(=O)C2CC2)OCC(C)(C)C1. The van der Waals surface area contributed by atoms with Gasteiger partial charge in [0.1, 0.15) is 0 Å². The van der Waals surface area contributed by atoms with Crippen molar-refractivity contribution in [3.8, 4) is 0 Å². The summed E-state index contributed by atoms with van der Waals surface area (Å²) >= 11 is 0. The zero-order valence-electron chi connectivity index (χ0n) is 11.7. The minimum atomic E-state index is -0.402. The predicted molar refractivity (Wildman–Crippen MR) is 68.9 cm³/mol. The third-order valence-corrected chi connectivity index (χ3v) is 3.24. The first-order valence-electron chi connectivity index (χ1n) is 6.77. The van der Waals surface area contributed by atoms with Gasteiger partial charge in [-0.05, 0) is 26.2 Å². The number of rotatable bonds is 4. The van der Waals surface area contributed by atoms with Crippen LogP contribution in [-0.4, -0.2) is 25.1 Å². The lowest BCUT2D eigenvalue weighted by Crippen LogP contribution is -2.36. The number of hydrogen-bond acceptors (Lipinski definition) is 4. The molecular weight excluding hydrogens is 246 g/mol. The molecule has 106 valence electrons. The van der Waals surface area contributed by atoms with Crippen molar-refractivity contribution in [1.82, 2.24) is 5.32 Å². The summed E-state index contributed by atoms with van der Waals surface area (Å²) in [5.41, 5.74) is 0.308. The van der Waals surface area contributed by atoms with E-state index in [2.05, 4.69) is 5.32 Å². The maximum absolute atomic E-state index is 12.0. The summed E-state index contributed by atoms with van der Waals surface area (Å²) in [6, 6.07) is 0. The Bertz CT molecular complexity index is 421. The molecule has 0 bridgehead atoms. The van der Waals surface area contributed by atoms with Crippen LogP contribution < -0.4 is 5.32 Å². The van der Waals surface area contributed by atoms with Crippen LogP contribution in [0.15, 0.2) is 11.5 Å². The van der Waals surface area contributed by atoms with Gasteiger partial charge in [-0.25, -0.2) is 4.79 Å². The van der Waals surface area contributed by atoms with Gasteiger partial charge in [-0.15, -0.1) is 0 Å². The maximum Gasteiger partial charge on any atom is 0.339 e. The Balaban J connectivity index is 2.16. The Morgan fingerprint density at radius 1 is 1.42 bits per heavy atom. The second kappa shape index (κ2) is 5.23. The lowest BCUT2D eigenvalue weighted by Gasteiger charge is -2.32. The van der Waals surface area contributed by atoms with Crippen molar-refractivity contribution < 1.29 is 19.1 Å². The van der Waals surface area contributed by atoms with Gasteiger partial charge in [0.15, 0.2) is 0 Å². The molecule has 5 nitrogen and oxygen atoms in total. The average Bonchev–Trinajstić information content (AvgIpc) is 3.15. The molecule has 0 atom stereocenters. The Labute approximate surface area is 113 Å². The molecule has 5 heteroatoms. The van der Waals surface area contributed by atoms with E-state index < -0.39 is 5.97 Å². The highest BCUT2D eigenvalue weighted by Crippen LogP contribution is 2.34. The summed E-state index contributed by atoms with van der Waals surface area (Å²) in [5, 5.41) is 2.73. The van der Waals surface area contributed by atoms with Crippen LogP contribution in [0.1, 0.15) is 40.0 Å². The summed E-state index contributed by atoms with van der Waals surface area (Å²) in [4.78, 5) is 23.7. The summed E-state index contributed by atoms with van der Waals surface area (Å²) in [7, 11) is 0. The second-order valence-electron chi connectivity index (χ2n) is 5.92. The van der Waals surface area contributed by atoms with Crippen LogP contribution in [0.2, 0.25) is 0 Å². The Morgan fingerprint density at radius 2 is 2.11 bits per heavy atom. The molecule has 1 N–H and O–H groups in total. The number of hydrogen-bond donors (Lipinski definition) is 1. The van der Waals surface area contributed by atoms with E-state index in [0.29, 0.717) is 25.2 Å². The molecule has 19 heavy (non-hydrogen) atoms. The van der Waals surface area contributed by atoms with Crippen molar-refractivity contribution in [2.24, 2.45) is 11.3 Å². The van der Waals surface area contributed by atoms with Crippen molar-refractivity contribution in [2.45, 2.75) is 40.0 Å². The number of nitrogens with one attached hydrogen (secondary N) is 1. The summed E-state index contributed by atoms with van der Waals surface area (Å²) in [5.74, 6) is -0.0953. The molecule has 0 aromatic rings. The molecule has 2 aliphatic rings. The third-order valence-electron chi connectivity index (χ3n) is 3.24. The normalized spacial score (nSPS) is 21.6. The van der Waals surface area contributed by atoms with Crippen LogP contribution in [0.25, 0.3) is 0 Å². The zero-order chi connectivity index (χ0) is 14.0. The minimum absolute atomic E-state index is 0.0588. The van der Waals surface area contributed by atoms with Gasteiger partial charge >= 0.3 is 5.97 Å². The van der Waals surface area contributed by atoms with Crippen LogP contribution >= 0.6 is 0 Å². The highest BCUT2D eigenvalue weighted by atomic mass is 16.5. The van der Waals surface area contributed by atoms with E-state index >= 15 is 0 Å². The van der Waals surface area contributed by atoms with Gasteiger partial charge in [-0.2, -0.15) is 0 Å². The molecule has 0 aromatic heterocycles. The Morgan fingerprint density at radius 3 is 2.68 bits per heavy atom. The second-order valence-corrected chi connectivity index (χ2v) is 5.92. The number of esters is 1. The van der Waals surface area contributed by atoms with E-state index in [1.807, 2.05) is 13.8 Å². The molecular formula is C14H21NO4. The molecule has 0 aromatic carbocycles. The summed E-state index contributed by atoms with van der Waals surface area (Å²) in [6.45, 7) is 6.59. The van der Waals surface area contributed by atoms with E-state index in [-0.39, 0.29) is 23.1 Å². The maximum atomic E-state index is 12.0. The van der Waals surface area contributed by atoms with Gasteiger partial charge in [0.2, 0.25) is 11.8 Å². The molecule has 2 rings (SSSR count). The van der Waals surface area contributed by atoms with Crippen LogP contribution in [0.4, 0.5) is 0 Å². The van der Waals surface area contributed by atoms with Crippen LogP contribution in [0.5, 0.6) is 0 Å². The van der Waals surface area contributed by atoms with Crippen molar-refractivity contribution in [3.63, 3.8) is 0 Å². The Kier molecular flexibility index (Phi) is 3.83. The van der Waals surface area contributed by atoms with Crippen LogP contribution in [0, 0.1) is 11.3 Å². The first kappa shape index (κ1) is 13.9. The molecule has 1 aliphatic carbocycles. The monoisotopic (exact) mass is 267 g/mol. The number of carbonyl (C=O) groups is 2. The van der Waals surface area contributed by atoms with Crippen molar-refractivity contribution in [1.29, 1.82) is 0 Å². The van der Waals surface area contributed by atoms with E-state index in [1.54, 1.807) is 6.92 Å². The average molecular weight is 267 g/mol. The van der Waals surface area contributed by atoms with Crippen molar-refractivity contribution >= 4 is 11.9 Å². The first-order valence-corrected chi connectivity index (χ1v) is 6.77. The van der Waals surface area contributed by atoms with Gasteiger partial charge in [-0.1, -0.05) is 13.8 Å². The molecule has 0 spiro atoms. The molecule has 1 fully saturated rings. The zero-order valence-corrected chi connectivity index (χ0v) is 11.7. The van der Waals surface area contributed by atoms with Crippen LogP contribution in [-0.2, 0) is 19.1 Å². The molecule has 0 unspecified atom stereocenters. The van der Waals surface area contributed by atoms with E-state index in [4.69, 9.17) is 9.47 Å². The van der Waals surface area contributed by atoms with Gasteiger partial charge < -0.3 is 9.47 Å². The molecule has 1 amide bonds. The quantitative estimate of drug-likeness (QED) is 0.788. The fourth-order valence-electron chi connectivity index (χ4n) is 2.02. The fraction of sp³-hybridized carbons (Fsp3) is 0.714. The topological polar surface area (TPSA) is 64.6 Å². The van der Waals surface area contributed by atoms with Gasteiger partial charge in [-0.3, -0.25) is 10.1 Å². The largest absolute Gasteiger partial charge is 0.478 e. The van der Waals surface area contributed by atoms with Crippen molar-refractivity contribution in [3.05, 3.63) is 11.5 Å². The van der Waals surface area contributed by atoms with Gasteiger partial charge in [0.25, 0.3) is 0 Å². The minimum Gasteiger partial charge on any atom is -0.478 e. The first-order chi connectivity index (χ1) is 8.93. The third kappa shape index (κ3) is 3.49. The predicted octanol–water partition coefficient (Wildman–Crippen LogP) is 1.73. The number of amides is 1. The van der Waals surface area contributed by atoms with E-state index in [1.165, 1.54) is 0 Å². The van der Waals surface area contributed by atoms with Crippen molar-refractivity contribution in [2.75, 3.05) is 13.2 Å². The molecule has 1 heterocycles. The highest BCUT2D eigenvalue weighted by Gasteiger charge is 2.36. The fourth-order valence-corrected chi connectivity index (χ4v) is 2.02. The van der Waals surface area contributed by atoms with E-state index in [9.17, 15) is 9.59 Å². The molecule has 0 saturated heterocycles. The molecule has 0 radical (unpaired) electrons. The van der Waals surface area contributed by atoms with Gasteiger partial charge in [0.05, 0.1) is 18.8 Å². The summed E-state index contributed by atoms with van der Waals surface area (Å²) in [6.07, 6.45) is 2.38. The van der Waals surface area contributed by atoms with Gasteiger partial charge in [0, 0.05) is 11.3 Å². The number of carbonyl (C=O) groups excluding carboxylic acids is 2. The molecule has 1 saturated carbocycles. The lowest BCUT2D eigenvalue weighted by molar-refractivity contribution is -0.140. The smallest absolute Gasteiger partial charge is 0.339 e. The summed E-state index contributed by atoms with van der Waals surface area (Å²) < 4.78 is 10.6. The van der Waals surface area contributed by atoms with Crippen LogP contribution in [0.3, 0.4) is 0 Å². The van der Waals surface area contributed by atoms with E-state index in [0.717, 1.165) is 12.8 Å².